The van der Waals surface area contributed by atoms with E-state index >= 15 is 0 Å². The monoisotopic (exact) mass is 228 g/mol. The van der Waals surface area contributed by atoms with Gasteiger partial charge in [-0.2, -0.15) is 0 Å². The fourth-order valence-corrected chi connectivity index (χ4v) is 1.12. The molecular formula is C11H13ClO3. The number of methoxy groups -OCH3 is 1. The van der Waals surface area contributed by atoms with Crippen LogP contribution in [-0.2, 0) is 16.1 Å². The number of halogens is 1. The summed E-state index contributed by atoms with van der Waals surface area (Å²) in [6, 6.07) is 7.48. The molecule has 3 nitrogen and oxygen atoms in total. The van der Waals surface area contributed by atoms with Gasteiger partial charge in [-0.15, -0.1) is 11.6 Å². The van der Waals surface area contributed by atoms with E-state index in [1.807, 2.05) is 24.3 Å². The zero-order valence-electron chi connectivity index (χ0n) is 8.53. The first kappa shape index (κ1) is 12.0. The third-order valence-electron chi connectivity index (χ3n) is 1.84. The molecule has 1 aromatic rings. The lowest BCUT2D eigenvalue weighted by molar-refractivity contribution is -0.121. The number of rotatable bonds is 6. The molecule has 0 aliphatic heterocycles. The number of ketones is 1. The van der Waals surface area contributed by atoms with Crippen molar-refractivity contribution in [3.63, 3.8) is 0 Å². The van der Waals surface area contributed by atoms with Crippen LogP contribution in [0.3, 0.4) is 0 Å². The maximum atomic E-state index is 10.8. The Bertz CT molecular complexity index is 308. The Balaban J connectivity index is 2.34. The van der Waals surface area contributed by atoms with E-state index < -0.39 is 0 Å². The third-order valence-corrected chi connectivity index (χ3v) is 2.14. The van der Waals surface area contributed by atoms with E-state index in [1.54, 1.807) is 7.11 Å². The van der Waals surface area contributed by atoms with Crippen LogP contribution >= 0.6 is 11.6 Å². The van der Waals surface area contributed by atoms with Crippen LogP contribution < -0.4 is 4.74 Å². The van der Waals surface area contributed by atoms with Crippen molar-refractivity contribution in [1.82, 2.24) is 0 Å². The lowest BCUT2D eigenvalue weighted by atomic mass is 10.2. The van der Waals surface area contributed by atoms with Crippen LogP contribution in [-0.4, -0.2) is 25.4 Å². The molecule has 0 atom stereocenters. The molecule has 0 saturated heterocycles. The number of alkyl halides is 1. The Kier molecular flexibility index (Phi) is 5.15. The van der Waals surface area contributed by atoms with E-state index in [-0.39, 0.29) is 18.3 Å². The largest absolute Gasteiger partial charge is 0.497 e. The zero-order chi connectivity index (χ0) is 11.1. The average molecular weight is 229 g/mol. The van der Waals surface area contributed by atoms with E-state index in [1.165, 1.54) is 0 Å². The number of Topliss-reactive ketones (excluding diaryl/α,β-unsaturated/α-hetero) is 1. The second-order valence-electron chi connectivity index (χ2n) is 3.01. The second kappa shape index (κ2) is 6.43. The van der Waals surface area contributed by atoms with Gasteiger partial charge < -0.3 is 9.47 Å². The predicted molar refractivity (Wildman–Crippen MR) is 58.4 cm³/mol. The topological polar surface area (TPSA) is 35.5 Å². The highest BCUT2D eigenvalue weighted by molar-refractivity contribution is 6.27. The molecule has 0 saturated carbocycles. The summed E-state index contributed by atoms with van der Waals surface area (Å²) in [5.41, 5.74) is 0.998. The lowest BCUT2D eigenvalue weighted by Crippen LogP contribution is -2.09. The number of carbonyl (C=O) groups is 1. The molecule has 0 aliphatic carbocycles. The van der Waals surface area contributed by atoms with Gasteiger partial charge in [-0.05, 0) is 17.7 Å². The third kappa shape index (κ3) is 4.32. The van der Waals surface area contributed by atoms with E-state index in [0.717, 1.165) is 11.3 Å². The standard InChI is InChI=1S/C11H13ClO3/c1-14-11-4-2-9(3-5-11)7-15-8-10(13)6-12/h2-5H,6-8H2,1H3. The lowest BCUT2D eigenvalue weighted by Gasteiger charge is -2.04. The quantitative estimate of drug-likeness (QED) is 0.699. The van der Waals surface area contributed by atoms with E-state index in [2.05, 4.69) is 0 Å². The van der Waals surface area contributed by atoms with Crippen LogP contribution in [0, 0.1) is 0 Å². The van der Waals surface area contributed by atoms with Crippen molar-refractivity contribution in [3.05, 3.63) is 29.8 Å². The van der Waals surface area contributed by atoms with E-state index in [0.29, 0.717) is 6.61 Å². The van der Waals surface area contributed by atoms with Gasteiger partial charge in [0.1, 0.15) is 12.4 Å². The zero-order valence-corrected chi connectivity index (χ0v) is 9.29. The molecular weight excluding hydrogens is 216 g/mol. The number of hydrogen-bond donors (Lipinski definition) is 0. The molecule has 1 rings (SSSR count). The van der Waals surface area contributed by atoms with Crippen LogP contribution in [0.25, 0.3) is 0 Å². The molecule has 0 unspecified atom stereocenters. The molecule has 0 aliphatic rings. The molecule has 0 aromatic heterocycles. The van der Waals surface area contributed by atoms with Gasteiger partial charge >= 0.3 is 0 Å². The minimum absolute atomic E-state index is 0.00259. The number of carbonyl (C=O) groups excluding carboxylic acids is 1. The van der Waals surface area contributed by atoms with Crippen LogP contribution in [0.5, 0.6) is 5.75 Å². The van der Waals surface area contributed by atoms with Crippen molar-refractivity contribution in [2.24, 2.45) is 0 Å². The van der Waals surface area contributed by atoms with Gasteiger partial charge in [0.15, 0.2) is 5.78 Å². The number of hydrogen-bond acceptors (Lipinski definition) is 3. The van der Waals surface area contributed by atoms with Crippen LogP contribution in [0.15, 0.2) is 24.3 Å². The first-order valence-electron chi connectivity index (χ1n) is 4.54. The fourth-order valence-electron chi connectivity index (χ4n) is 1.04. The van der Waals surface area contributed by atoms with Crippen LogP contribution in [0.2, 0.25) is 0 Å². The molecule has 82 valence electrons. The highest BCUT2D eigenvalue weighted by atomic mass is 35.5. The summed E-state index contributed by atoms with van der Waals surface area (Å²) in [5.74, 6) is 0.698. The highest BCUT2D eigenvalue weighted by Crippen LogP contribution is 2.11. The first-order chi connectivity index (χ1) is 7.26. The molecule has 0 bridgehead atoms. The van der Waals surface area contributed by atoms with Crippen molar-refractivity contribution in [1.29, 1.82) is 0 Å². The van der Waals surface area contributed by atoms with Crippen molar-refractivity contribution in [3.8, 4) is 5.75 Å². The van der Waals surface area contributed by atoms with Gasteiger partial charge in [-0.1, -0.05) is 12.1 Å². The van der Waals surface area contributed by atoms with E-state index in [4.69, 9.17) is 21.1 Å². The molecule has 0 radical (unpaired) electrons. The van der Waals surface area contributed by atoms with Gasteiger partial charge in [-0.3, -0.25) is 4.79 Å². The molecule has 1 aromatic carbocycles. The highest BCUT2D eigenvalue weighted by Gasteiger charge is 2.00. The van der Waals surface area contributed by atoms with Gasteiger partial charge in [0.05, 0.1) is 19.6 Å². The smallest absolute Gasteiger partial charge is 0.173 e. The molecule has 0 heterocycles. The Morgan fingerprint density at radius 3 is 2.53 bits per heavy atom. The Morgan fingerprint density at radius 2 is 2.00 bits per heavy atom. The SMILES string of the molecule is COc1ccc(COCC(=O)CCl)cc1. The van der Waals surface area contributed by atoms with Crippen molar-refractivity contribution in [2.75, 3.05) is 19.6 Å². The van der Waals surface area contributed by atoms with Crippen molar-refractivity contribution >= 4 is 17.4 Å². The summed E-state index contributed by atoms with van der Waals surface area (Å²) in [6.07, 6.45) is 0. The summed E-state index contributed by atoms with van der Waals surface area (Å²) < 4.78 is 10.2. The average Bonchev–Trinajstić information content (AvgIpc) is 2.29. The molecule has 0 N–H and O–H groups in total. The second-order valence-corrected chi connectivity index (χ2v) is 3.28. The molecule has 0 fully saturated rings. The fraction of sp³-hybridized carbons (Fsp3) is 0.364. The summed E-state index contributed by atoms with van der Waals surface area (Å²) in [6.45, 7) is 0.474. The van der Waals surface area contributed by atoms with Gasteiger partial charge in [0, 0.05) is 0 Å². The molecule has 4 heteroatoms. The first-order valence-corrected chi connectivity index (χ1v) is 5.08. The predicted octanol–water partition coefficient (Wildman–Crippen LogP) is 2.02. The maximum Gasteiger partial charge on any atom is 0.173 e. The molecule has 0 spiro atoms. The van der Waals surface area contributed by atoms with Crippen molar-refractivity contribution < 1.29 is 14.3 Å². The number of benzene rings is 1. The van der Waals surface area contributed by atoms with Crippen LogP contribution in [0.1, 0.15) is 5.56 Å². The minimum atomic E-state index is -0.106. The Labute approximate surface area is 93.9 Å². The minimum Gasteiger partial charge on any atom is -0.497 e. The summed E-state index contributed by atoms with van der Waals surface area (Å²) in [7, 11) is 1.62. The van der Waals surface area contributed by atoms with Gasteiger partial charge in [0.25, 0.3) is 0 Å². The van der Waals surface area contributed by atoms with Gasteiger partial charge in [-0.25, -0.2) is 0 Å². The molecule has 0 amide bonds. The van der Waals surface area contributed by atoms with E-state index in [9.17, 15) is 4.79 Å². The molecule has 15 heavy (non-hydrogen) atoms. The summed E-state index contributed by atoms with van der Waals surface area (Å²) in [5, 5.41) is 0. The number of ether oxygens (including phenoxy) is 2. The summed E-state index contributed by atoms with van der Waals surface area (Å²) in [4.78, 5) is 10.8. The van der Waals surface area contributed by atoms with Gasteiger partial charge in [0.2, 0.25) is 0 Å². The Hall–Kier alpha value is -1.06. The maximum absolute atomic E-state index is 10.8. The Morgan fingerprint density at radius 1 is 1.33 bits per heavy atom. The van der Waals surface area contributed by atoms with Crippen LogP contribution in [0.4, 0.5) is 0 Å². The van der Waals surface area contributed by atoms with Crippen molar-refractivity contribution in [2.45, 2.75) is 6.61 Å². The normalized spacial score (nSPS) is 10.0. The summed E-state index contributed by atoms with van der Waals surface area (Å²) >= 11 is 5.33.